The molecule has 0 fully saturated rings. The lowest BCUT2D eigenvalue weighted by Crippen LogP contribution is -2.34. The zero-order chi connectivity index (χ0) is 18.0. The second kappa shape index (κ2) is 7.37. The smallest absolute Gasteiger partial charge is 0.287 e. The summed E-state index contributed by atoms with van der Waals surface area (Å²) in [4.78, 5) is 14.4. The third kappa shape index (κ3) is 4.08. The van der Waals surface area contributed by atoms with Crippen LogP contribution in [-0.4, -0.2) is 31.4 Å². The first-order chi connectivity index (χ1) is 11.9. The van der Waals surface area contributed by atoms with Gasteiger partial charge in [0.2, 0.25) is 0 Å². The number of halogens is 2. The van der Waals surface area contributed by atoms with E-state index in [0.29, 0.717) is 12.1 Å². The number of likely N-dealkylation sites (N-methyl/N-ethyl adjacent to an activating group) is 1. The number of nitrogens with one attached hydrogen (secondary N) is 1. The number of fused-ring (bicyclic) bond motifs is 1. The molecule has 0 spiro atoms. The van der Waals surface area contributed by atoms with Crippen molar-refractivity contribution in [2.45, 2.75) is 6.04 Å². The summed E-state index contributed by atoms with van der Waals surface area (Å²) in [5, 5.41) is 3.75. The highest BCUT2D eigenvalue weighted by molar-refractivity contribution is 9.10. The van der Waals surface area contributed by atoms with Gasteiger partial charge in [-0.2, -0.15) is 0 Å². The average Bonchev–Trinajstić information content (AvgIpc) is 2.99. The molecule has 1 aromatic heterocycles. The molecule has 0 radical (unpaired) electrons. The zero-order valence-electron chi connectivity index (χ0n) is 13.9. The van der Waals surface area contributed by atoms with E-state index in [0.717, 1.165) is 15.4 Å². The molecular formula is C19H18BrFN2O2. The Kier molecular flexibility index (Phi) is 5.20. The Balaban J connectivity index is 1.73. The fraction of sp³-hybridized carbons (Fsp3) is 0.211. The fourth-order valence-corrected chi connectivity index (χ4v) is 3.06. The number of benzene rings is 2. The quantitative estimate of drug-likeness (QED) is 0.686. The van der Waals surface area contributed by atoms with Crippen LogP contribution in [0.15, 0.2) is 57.4 Å². The van der Waals surface area contributed by atoms with Crippen molar-refractivity contribution < 1.29 is 13.6 Å². The number of hydrogen-bond acceptors (Lipinski definition) is 3. The van der Waals surface area contributed by atoms with Gasteiger partial charge in [0.1, 0.15) is 11.4 Å². The van der Waals surface area contributed by atoms with Crippen molar-refractivity contribution in [1.82, 2.24) is 10.2 Å². The van der Waals surface area contributed by atoms with E-state index < -0.39 is 0 Å². The molecule has 130 valence electrons. The highest BCUT2D eigenvalue weighted by Gasteiger charge is 2.18. The molecule has 25 heavy (non-hydrogen) atoms. The Hall–Kier alpha value is -2.18. The van der Waals surface area contributed by atoms with E-state index in [2.05, 4.69) is 21.2 Å². The van der Waals surface area contributed by atoms with Crippen LogP contribution >= 0.6 is 15.9 Å². The van der Waals surface area contributed by atoms with Crippen molar-refractivity contribution in [3.05, 3.63) is 70.1 Å². The van der Waals surface area contributed by atoms with Gasteiger partial charge >= 0.3 is 0 Å². The number of carbonyl (C=O) groups is 1. The van der Waals surface area contributed by atoms with Crippen LogP contribution < -0.4 is 5.32 Å². The molecule has 0 saturated carbocycles. The average molecular weight is 405 g/mol. The van der Waals surface area contributed by atoms with Crippen LogP contribution in [0.5, 0.6) is 0 Å². The summed E-state index contributed by atoms with van der Waals surface area (Å²) in [5.74, 6) is -0.287. The molecule has 0 saturated heterocycles. The van der Waals surface area contributed by atoms with Crippen LogP contribution in [-0.2, 0) is 0 Å². The van der Waals surface area contributed by atoms with Gasteiger partial charge in [0.05, 0.1) is 6.04 Å². The topological polar surface area (TPSA) is 45.5 Å². The van der Waals surface area contributed by atoms with Crippen molar-refractivity contribution in [3.63, 3.8) is 0 Å². The summed E-state index contributed by atoms with van der Waals surface area (Å²) in [6.45, 7) is 0.387. The number of amides is 1. The zero-order valence-corrected chi connectivity index (χ0v) is 15.5. The van der Waals surface area contributed by atoms with E-state index >= 15 is 0 Å². The molecule has 1 heterocycles. The highest BCUT2D eigenvalue weighted by Crippen LogP contribution is 2.23. The summed E-state index contributed by atoms with van der Waals surface area (Å²) in [6, 6.07) is 13.5. The maximum absolute atomic E-state index is 13.1. The van der Waals surface area contributed by atoms with Gasteiger partial charge in [-0.25, -0.2) is 4.39 Å². The molecule has 6 heteroatoms. The Morgan fingerprint density at radius 1 is 1.20 bits per heavy atom. The van der Waals surface area contributed by atoms with Gasteiger partial charge in [-0.05, 0) is 56.1 Å². The molecule has 3 rings (SSSR count). The largest absolute Gasteiger partial charge is 0.451 e. The lowest BCUT2D eigenvalue weighted by molar-refractivity contribution is 0.0916. The van der Waals surface area contributed by atoms with Crippen LogP contribution in [0.3, 0.4) is 0 Å². The molecule has 1 N–H and O–H groups in total. The van der Waals surface area contributed by atoms with Crippen LogP contribution in [0.2, 0.25) is 0 Å². The number of nitrogens with zero attached hydrogens (tertiary/aromatic N) is 1. The SMILES string of the molecule is CN(C)C(CNC(=O)c1cc2cc(Br)ccc2o1)c1ccc(F)cc1. The van der Waals surface area contributed by atoms with Crippen LogP contribution in [0.25, 0.3) is 11.0 Å². The molecule has 4 nitrogen and oxygen atoms in total. The molecule has 0 aliphatic heterocycles. The van der Waals surface area contributed by atoms with Crippen molar-refractivity contribution >= 4 is 32.8 Å². The summed E-state index contributed by atoms with van der Waals surface area (Å²) >= 11 is 3.40. The van der Waals surface area contributed by atoms with Crippen molar-refractivity contribution in [2.75, 3.05) is 20.6 Å². The Morgan fingerprint density at radius 3 is 2.60 bits per heavy atom. The molecular weight excluding hydrogens is 387 g/mol. The Bertz CT molecular complexity index is 890. The Labute approximate surface area is 153 Å². The monoisotopic (exact) mass is 404 g/mol. The number of carbonyl (C=O) groups excluding carboxylic acids is 1. The normalized spacial score (nSPS) is 12.5. The van der Waals surface area contributed by atoms with Crippen LogP contribution in [0, 0.1) is 5.82 Å². The van der Waals surface area contributed by atoms with Crippen LogP contribution in [0.1, 0.15) is 22.2 Å². The number of hydrogen-bond donors (Lipinski definition) is 1. The van der Waals surface area contributed by atoms with Crippen molar-refractivity contribution in [2.24, 2.45) is 0 Å². The van der Waals surface area contributed by atoms with Gasteiger partial charge in [-0.1, -0.05) is 28.1 Å². The van der Waals surface area contributed by atoms with Gasteiger partial charge in [-0.3, -0.25) is 4.79 Å². The summed E-state index contributed by atoms with van der Waals surface area (Å²) in [5.41, 5.74) is 1.59. The number of rotatable bonds is 5. The molecule has 3 aromatic rings. The van der Waals surface area contributed by atoms with Gasteiger partial charge < -0.3 is 14.6 Å². The minimum absolute atomic E-state index is 0.0666. The van der Waals surface area contributed by atoms with Crippen LogP contribution in [0.4, 0.5) is 4.39 Å². The van der Waals surface area contributed by atoms with E-state index in [1.54, 1.807) is 18.2 Å². The van der Waals surface area contributed by atoms with Gasteiger partial charge in [0.25, 0.3) is 5.91 Å². The molecule has 1 amide bonds. The molecule has 0 aliphatic rings. The standard InChI is InChI=1S/C19H18BrFN2O2/c1-23(2)16(12-3-6-15(21)7-4-12)11-22-19(24)18-10-13-9-14(20)5-8-17(13)25-18/h3-10,16H,11H2,1-2H3,(H,22,24). The van der Waals surface area contributed by atoms with Gasteiger partial charge in [0.15, 0.2) is 5.76 Å². The second-order valence-corrected chi connectivity index (χ2v) is 6.95. The fourth-order valence-electron chi connectivity index (χ4n) is 2.69. The second-order valence-electron chi connectivity index (χ2n) is 6.03. The van der Waals surface area contributed by atoms with E-state index in [-0.39, 0.29) is 23.5 Å². The first-order valence-corrected chi connectivity index (χ1v) is 8.62. The van der Waals surface area contributed by atoms with Gasteiger partial charge in [-0.15, -0.1) is 0 Å². The lowest BCUT2D eigenvalue weighted by Gasteiger charge is -2.25. The number of furan rings is 1. The Morgan fingerprint density at radius 2 is 1.92 bits per heavy atom. The lowest BCUT2D eigenvalue weighted by atomic mass is 10.1. The van der Waals surface area contributed by atoms with Crippen molar-refractivity contribution in [3.8, 4) is 0 Å². The van der Waals surface area contributed by atoms with E-state index in [4.69, 9.17) is 4.42 Å². The maximum Gasteiger partial charge on any atom is 0.287 e. The first kappa shape index (κ1) is 17.6. The first-order valence-electron chi connectivity index (χ1n) is 7.83. The molecule has 0 aliphatic carbocycles. The maximum atomic E-state index is 13.1. The molecule has 1 unspecified atom stereocenters. The highest BCUT2D eigenvalue weighted by atomic mass is 79.9. The predicted molar refractivity (Wildman–Crippen MR) is 99.1 cm³/mol. The van der Waals surface area contributed by atoms with E-state index in [9.17, 15) is 9.18 Å². The minimum atomic E-state index is -0.279. The summed E-state index contributed by atoms with van der Waals surface area (Å²) in [6.07, 6.45) is 0. The third-order valence-electron chi connectivity index (χ3n) is 4.04. The predicted octanol–water partition coefficient (Wildman–Crippen LogP) is 4.37. The summed E-state index contributed by atoms with van der Waals surface area (Å²) in [7, 11) is 3.83. The molecule has 0 bridgehead atoms. The van der Waals surface area contributed by atoms with Crippen molar-refractivity contribution in [1.29, 1.82) is 0 Å². The molecule has 2 aromatic carbocycles. The van der Waals surface area contributed by atoms with Gasteiger partial charge in [0, 0.05) is 16.4 Å². The third-order valence-corrected chi connectivity index (χ3v) is 4.53. The summed E-state index contributed by atoms with van der Waals surface area (Å²) < 4.78 is 19.6. The minimum Gasteiger partial charge on any atom is -0.451 e. The van der Waals surface area contributed by atoms with E-state index in [1.165, 1.54) is 12.1 Å². The van der Waals surface area contributed by atoms with E-state index in [1.807, 2.05) is 37.2 Å². The molecule has 1 atom stereocenters.